The number of likely N-dealkylation sites (tertiary alicyclic amines) is 1. The molecule has 9 heteroatoms. The monoisotopic (exact) mass is 255 g/mol. The van der Waals surface area contributed by atoms with Gasteiger partial charge >= 0.3 is 12.1 Å². The van der Waals surface area contributed by atoms with E-state index in [4.69, 9.17) is 9.84 Å². The Morgan fingerprint density at radius 2 is 2.06 bits per heavy atom. The van der Waals surface area contributed by atoms with Crippen molar-refractivity contribution >= 4 is 13.8 Å². The van der Waals surface area contributed by atoms with Crippen molar-refractivity contribution in [3.63, 3.8) is 0 Å². The second kappa shape index (κ2) is 4.83. The van der Waals surface area contributed by atoms with Crippen LogP contribution in [0.4, 0.5) is 13.2 Å². The average Bonchev–Trinajstić information content (AvgIpc) is 2.47. The normalized spacial score (nSPS) is 34.1. The third-order valence-electron chi connectivity index (χ3n) is 2.94. The Balaban J connectivity index is 3.01. The van der Waals surface area contributed by atoms with E-state index in [9.17, 15) is 23.1 Å². The summed E-state index contributed by atoms with van der Waals surface area (Å²) in [7, 11) is 2.55. The Bertz CT molecular complexity index is 301. The van der Waals surface area contributed by atoms with Crippen LogP contribution >= 0.6 is 0 Å². The molecule has 5 nitrogen and oxygen atoms in total. The fourth-order valence-corrected chi connectivity index (χ4v) is 2.14. The van der Waals surface area contributed by atoms with E-state index in [1.807, 2.05) is 0 Å². The van der Waals surface area contributed by atoms with Crippen LogP contribution in [0.2, 0.25) is 0 Å². The average molecular weight is 255 g/mol. The zero-order valence-corrected chi connectivity index (χ0v) is 9.31. The van der Waals surface area contributed by atoms with Crippen molar-refractivity contribution in [1.29, 1.82) is 0 Å². The standard InChI is InChI=1S/C8H13BF3NO4/c1-17-5-4(15)3(2-14)13(6(5)9)7(16)8(10,11)12/h3-6,14-15H,2,9H2,1H3/t3-,4-,5-,6-/m1/s1. The Morgan fingerprint density at radius 1 is 1.53 bits per heavy atom. The minimum Gasteiger partial charge on any atom is -0.394 e. The number of aliphatic hydroxyl groups is 2. The van der Waals surface area contributed by atoms with Crippen molar-refractivity contribution in [2.45, 2.75) is 30.4 Å². The lowest BCUT2D eigenvalue weighted by Gasteiger charge is -2.28. The van der Waals surface area contributed by atoms with Gasteiger partial charge in [0, 0.05) is 13.1 Å². The first-order valence-corrected chi connectivity index (χ1v) is 4.97. The molecule has 1 aliphatic rings. The molecule has 0 aromatic carbocycles. The first kappa shape index (κ1) is 14.3. The van der Waals surface area contributed by atoms with Crippen molar-refractivity contribution in [2.75, 3.05) is 13.7 Å². The van der Waals surface area contributed by atoms with Crippen molar-refractivity contribution in [1.82, 2.24) is 4.90 Å². The number of nitrogens with zero attached hydrogens (tertiary/aromatic N) is 1. The summed E-state index contributed by atoms with van der Waals surface area (Å²) in [4.78, 5) is 11.6. The molecule has 0 bridgehead atoms. The molecule has 1 fully saturated rings. The quantitative estimate of drug-likeness (QED) is 0.565. The molecular weight excluding hydrogens is 242 g/mol. The van der Waals surface area contributed by atoms with Crippen LogP contribution in [0.15, 0.2) is 0 Å². The zero-order valence-electron chi connectivity index (χ0n) is 9.31. The van der Waals surface area contributed by atoms with Gasteiger partial charge in [0.1, 0.15) is 14.0 Å². The van der Waals surface area contributed by atoms with Gasteiger partial charge in [-0.25, -0.2) is 0 Å². The molecule has 1 rings (SSSR count). The van der Waals surface area contributed by atoms with Crippen molar-refractivity contribution in [3.05, 3.63) is 0 Å². The highest BCUT2D eigenvalue weighted by molar-refractivity contribution is 6.14. The lowest BCUT2D eigenvalue weighted by atomic mass is 9.90. The number of hydrogen-bond acceptors (Lipinski definition) is 4. The molecule has 0 spiro atoms. The molecule has 1 heterocycles. The van der Waals surface area contributed by atoms with E-state index in [1.165, 1.54) is 15.0 Å². The molecule has 0 unspecified atom stereocenters. The maximum atomic E-state index is 12.3. The van der Waals surface area contributed by atoms with Crippen LogP contribution in [0.25, 0.3) is 0 Å². The highest BCUT2D eigenvalue weighted by Crippen LogP contribution is 2.30. The van der Waals surface area contributed by atoms with Gasteiger partial charge < -0.3 is 19.8 Å². The SMILES string of the molecule is B[C@H]1[C@H](OC)[C@H](O)[C@@H](CO)N1C(=O)C(F)(F)F. The summed E-state index contributed by atoms with van der Waals surface area (Å²) >= 11 is 0. The molecular formula is C8H13BF3NO4. The number of rotatable bonds is 2. The van der Waals surface area contributed by atoms with Crippen LogP contribution in [0, 0.1) is 0 Å². The molecule has 0 aliphatic carbocycles. The maximum Gasteiger partial charge on any atom is 0.471 e. The number of carbonyl (C=O) groups is 1. The summed E-state index contributed by atoms with van der Waals surface area (Å²) in [5.41, 5.74) is 0. The maximum absolute atomic E-state index is 12.3. The van der Waals surface area contributed by atoms with Gasteiger partial charge in [-0.2, -0.15) is 13.2 Å². The van der Waals surface area contributed by atoms with Crippen LogP contribution in [0.1, 0.15) is 0 Å². The lowest BCUT2D eigenvalue weighted by Crippen LogP contribution is -2.51. The fourth-order valence-electron chi connectivity index (χ4n) is 2.14. The molecule has 4 atom stereocenters. The molecule has 98 valence electrons. The van der Waals surface area contributed by atoms with Crippen molar-refractivity contribution in [2.24, 2.45) is 0 Å². The van der Waals surface area contributed by atoms with E-state index in [1.54, 1.807) is 0 Å². The van der Waals surface area contributed by atoms with Crippen LogP contribution in [0.3, 0.4) is 0 Å². The Hall–Kier alpha value is -0.795. The number of carbonyl (C=O) groups excluding carboxylic acids is 1. The molecule has 17 heavy (non-hydrogen) atoms. The molecule has 1 saturated heterocycles. The number of aliphatic hydroxyl groups excluding tert-OH is 2. The summed E-state index contributed by atoms with van der Waals surface area (Å²) in [6.45, 7) is -0.757. The topological polar surface area (TPSA) is 70.0 Å². The van der Waals surface area contributed by atoms with Crippen LogP contribution < -0.4 is 0 Å². The van der Waals surface area contributed by atoms with Crippen molar-refractivity contribution in [3.8, 4) is 0 Å². The number of methoxy groups -OCH3 is 1. The van der Waals surface area contributed by atoms with E-state index >= 15 is 0 Å². The lowest BCUT2D eigenvalue weighted by molar-refractivity contribution is -0.188. The molecule has 0 aromatic heterocycles. The smallest absolute Gasteiger partial charge is 0.394 e. The Kier molecular flexibility index (Phi) is 4.05. The molecule has 0 saturated carbocycles. The summed E-state index contributed by atoms with van der Waals surface area (Å²) in [5.74, 6) is -3.04. The van der Waals surface area contributed by atoms with Crippen LogP contribution in [0.5, 0.6) is 0 Å². The third-order valence-corrected chi connectivity index (χ3v) is 2.94. The number of alkyl halides is 3. The van der Waals surface area contributed by atoms with E-state index in [2.05, 4.69) is 0 Å². The second-order valence-electron chi connectivity index (χ2n) is 3.89. The molecule has 2 N–H and O–H groups in total. The zero-order chi connectivity index (χ0) is 13.4. The first-order chi connectivity index (χ1) is 7.75. The van der Waals surface area contributed by atoms with Crippen LogP contribution in [-0.4, -0.2) is 73.0 Å². The summed E-state index contributed by atoms with van der Waals surface area (Å²) < 4.78 is 41.9. The third kappa shape index (κ3) is 2.40. The van der Waals surface area contributed by atoms with E-state index in [0.717, 1.165) is 0 Å². The summed E-state index contributed by atoms with van der Waals surface area (Å²) in [6.07, 6.45) is -7.32. The Labute approximate surface area is 96.6 Å². The predicted octanol–water partition coefficient (Wildman–Crippen LogP) is -1.91. The number of halogens is 3. The van der Waals surface area contributed by atoms with Crippen LogP contribution in [-0.2, 0) is 9.53 Å². The first-order valence-electron chi connectivity index (χ1n) is 4.97. The van der Waals surface area contributed by atoms with Gasteiger partial charge in [0.2, 0.25) is 0 Å². The van der Waals surface area contributed by atoms with Gasteiger partial charge in [-0.15, -0.1) is 0 Å². The van der Waals surface area contributed by atoms with Gasteiger partial charge in [0.05, 0.1) is 18.8 Å². The molecule has 1 aliphatic heterocycles. The number of amides is 1. The molecule has 0 radical (unpaired) electrons. The highest BCUT2D eigenvalue weighted by Gasteiger charge is 2.54. The van der Waals surface area contributed by atoms with Gasteiger partial charge in [-0.1, -0.05) is 0 Å². The highest BCUT2D eigenvalue weighted by atomic mass is 19.4. The molecule has 1 amide bonds. The molecule has 0 aromatic rings. The minimum atomic E-state index is -5.04. The van der Waals surface area contributed by atoms with Gasteiger partial charge in [-0.05, 0) is 0 Å². The fraction of sp³-hybridized carbons (Fsp3) is 0.875. The van der Waals surface area contributed by atoms with E-state index in [0.29, 0.717) is 4.90 Å². The second-order valence-corrected chi connectivity index (χ2v) is 3.89. The minimum absolute atomic E-state index is 0.429. The van der Waals surface area contributed by atoms with Gasteiger partial charge in [0.15, 0.2) is 0 Å². The Morgan fingerprint density at radius 3 is 2.41 bits per heavy atom. The number of ether oxygens (including phenoxy) is 1. The van der Waals surface area contributed by atoms with E-state index in [-0.39, 0.29) is 0 Å². The van der Waals surface area contributed by atoms with Gasteiger partial charge in [0.25, 0.3) is 0 Å². The number of hydrogen-bond donors (Lipinski definition) is 2. The summed E-state index contributed by atoms with van der Waals surface area (Å²) in [6, 6.07) is -1.30. The largest absolute Gasteiger partial charge is 0.471 e. The predicted molar refractivity (Wildman–Crippen MR) is 52.9 cm³/mol. The summed E-state index contributed by atoms with van der Waals surface area (Å²) in [5, 5.41) is 18.6. The van der Waals surface area contributed by atoms with Crippen molar-refractivity contribution < 1.29 is 32.9 Å². The van der Waals surface area contributed by atoms with Gasteiger partial charge in [-0.3, -0.25) is 4.79 Å². The van der Waals surface area contributed by atoms with E-state index < -0.39 is 42.9 Å².